The second kappa shape index (κ2) is 10.6. The Kier molecular flexibility index (Phi) is 9.57. The summed E-state index contributed by atoms with van der Waals surface area (Å²) in [5, 5.41) is 11.0. The number of benzene rings is 1. The van der Waals surface area contributed by atoms with E-state index in [0.29, 0.717) is 5.02 Å². The molecular formula is C17H27BrClNO. The minimum atomic E-state index is -0.489. The Morgan fingerprint density at radius 2 is 1.76 bits per heavy atom. The van der Waals surface area contributed by atoms with Gasteiger partial charge in [-0.25, -0.2) is 0 Å². The lowest BCUT2D eigenvalue weighted by Crippen LogP contribution is -2.28. The third kappa shape index (κ3) is 7.14. The number of aliphatic hydroxyl groups is 1. The summed E-state index contributed by atoms with van der Waals surface area (Å²) in [6.07, 6.45) is 5.11. The molecule has 1 aromatic carbocycles. The van der Waals surface area contributed by atoms with Crippen molar-refractivity contribution in [2.45, 2.75) is 52.1 Å². The third-order valence-corrected chi connectivity index (χ3v) is 4.52. The number of halogens is 2. The van der Waals surface area contributed by atoms with Crippen molar-refractivity contribution in [1.82, 2.24) is 4.90 Å². The summed E-state index contributed by atoms with van der Waals surface area (Å²) in [4.78, 5) is 2.46. The Morgan fingerprint density at radius 1 is 1.14 bits per heavy atom. The molecule has 21 heavy (non-hydrogen) atoms. The van der Waals surface area contributed by atoms with Crippen LogP contribution in [-0.2, 0) is 0 Å². The standard InChI is InChI=1S/C17H27BrClNO/c1-3-5-10-20(11-6-4-2)12-9-17(21)15-8-7-14(18)13-16(15)19/h7-8,13,17,21H,3-6,9-12H2,1-2H3. The fraction of sp³-hybridized carbons (Fsp3) is 0.647. The Labute approximate surface area is 142 Å². The van der Waals surface area contributed by atoms with Gasteiger partial charge in [0.2, 0.25) is 0 Å². The van der Waals surface area contributed by atoms with E-state index in [0.717, 1.165) is 36.1 Å². The molecule has 0 heterocycles. The lowest BCUT2D eigenvalue weighted by Gasteiger charge is -2.23. The van der Waals surface area contributed by atoms with E-state index in [-0.39, 0.29) is 0 Å². The zero-order chi connectivity index (χ0) is 15.7. The van der Waals surface area contributed by atoms with E-state index in [1.165, 1.54) is 25.7 Å². The van der Waals surface area contributed by atoms with Crippen LogP contribution in [0.1, 0.15) is 57.6 Å². The predicted molar refractivity (Wildman–Crippen MR) is 95.0 cm³/mol. The second-order valence-corrected chi connectivity index (χ2v) is 6.84. The van der Waals surface area contributed by atoms with Crippen LogP contribution in [0.3, 0.4) is 0 Å². The highest BCUT2D eigenvalue weighted by molar-refractivity contribution is 9.10. The fourth-order valence-corrected chi connectivity index (χ4v) is 3.13. The van der Waals surface area contributed by atoms with Crippen molar-refractivity contribution in [3.05, 3.63) is 33.3 Å². The van der Waals surface area contributed by atoms with Crippen molar-refractivity contribution in [3.8, 4) is 0 Å². The molecule has 1 rings (SSSR count). The molecule has 0 aromatic heterocycles. The first-order valence-electron chi connectivity index (χ1n) is 7.93. The summed E-state index contributed by atoms with van der Waals surface area (Å²) in [5.41, 5.74) is 0.825. The number of nitrogens with zero attached hydrogens (tertiary/aromatic N) is 1. The molecule has 1 N–H and O–H groups in total. The zero-order valence-corrected chi connectivity index (χ0v) is 15.5. The van der Waals surface area contributed by atoms with E-state index in [1.807, 2.05) is 18.2 Å². The largest absolute Gasteiger partial charge is 0.388 e. The number of unbranched alkanes of at least 4 members (excludes halogenated alkanes) is 2. The van der Waals surface area contributed by atoms with Crippen molar-refractivity contribution in [2.75, 3.05) is 19.6 Å². The quantitative estimate of drug-likeness (QED) is 0.588. The second-order valence-electron chi connectivity index (χ2n) is 5.52. The van der Waals surface area contributed by atoms with E-state index in [2.05, 4.69) is 34.7 Å². The van der Waals surface area contributed by atoms with E-state index in [9.17, 15) is 5.11 Å². The molecule has 2 nitrogen and oxygen atoms in total. The molecule has 1 unspecified atom stereocenters. The molecule has 0 saturated carbocycles. The van der Waals surface area contributed by atoms with Crippen LogP contribution < -0.4 is 0 Å². The topological polar surface area (TPSA) is 23.5 Å². The Morgan fingerprint density at radius 3 is 2.29 bits per heavy atom. The maximum Gasteiger partial charge on any atom is 0.0816 e. The highest BCUT2D eigenvalue weighted by Crippen LogP contribution is 2.28. The van der Waals surface area contributed by atoms with Gasteiger partial charge in [0.1, 0.15) is 0 Å². The first kappa shape index (κ1) is 19.0. The SMILES string of the molecule is CCCCN(CCCC)CCC(O)c1ccc(Br)cc1Cl. The van der Waals surface area contributed by atoms with Gasteiger partial charge >= 0.3 is 0 Å². The number of hydrogen-bond acceptors (Lipinski definition) is 2. The average Bonchev–Trinajstić information content (AvgIpc) is 2.46. The molecular weight excluding hydrogens is 350 g/mol. The normalized spacial score (nSPS) is 12.9. The van der Waals surface area contributed by atoms with Crippen LogP contribution >= 0.6 is 27.5 Å². The number of hydrogen-bond donors (Lipinski definition) is 1. The summed E-state index contributed by atoms with van der Waals surface area (Å²) in [5.74, 6) is 0. The maximum absolute atomic E-state index is 10.4. The van der Waals surface area contributed by atoms with Crippen LogP contribution in [0.4, 0.5) is 0 Å². The lowest BCUT2D eigenvalue weighted by atomic mass is 10.1. The van der Waals surface area contributed by atoms with Gasteiger partial charge in [-0.1, -0.05) is 60.3 Å². The molecule has 1 aromatic rings. The number of aliphatic hydroxyl groups excluding tert-OH is 1. The minimum absolute atomic E-state index is 0.489. The molecule has 4 heteroatoms. The van der Waals surface area contributed by atoms with Crippen LogP contribution in [0.5, 0.6) is 0 Å². The van der Waals surface area contributed by atoms with Gasteiger partial charge in [-0.05, 0) is 50.0 Å². The molecule has 0 spiro atoms. The van der Waals surface area contributed by atoms with E-state index >= 15 is 0 Å². The van der Waals surface area contributed by atoms with Gasteiger partial charge in [0, 0.05) is 16.0 Å². The molecule has 0 aliphatic rings. The summed E-state index contributed by atoms with van der Waals surface area (Å²) >= 11 is 9.59. The highest BCUT2D eigenvalue weighted by atomic mass is 79.9. The lowest BCUT2D eigenvalue weighted by molar-refractivity contribution is 0.140. The van der Waals surface area contributed by atoms with Crippen LogP contribution in [0, 0.1) is 0 Å². The molecule has 1 atom stereocenters. The van der Waals surface area contributed by atoms with Crippen molar-refractivity contribution in [1.29, 1.82) is 0 Å². The Bertz CT molecular complexity index is 406. The minimum Gasteiger partial charge on any atom is -0.388 e. The van der Waals surface area contributed by atoms with Gasteiger partial charge in [-0.2, -0.15) is 0 Å². The smallest absolute Gasteiger partial charge is 0.0816 e. The van der Waals surface area contributed by atoms with E-state index in [1.54, 1.807) is 0 Å². The summed E-state index contributed by atoms with van der Waals surface area (Å²) in [6.45, 7) is 7.60. The van der Waals surface area contributed by atoms with E-state index < -0.39 is 6.10 Å². The fourth-order valence-electron chi connectivity index (χ4n) is 2.33. The predicted octanol–water partition coefficient (Wildman–Crippen LogP) is 5.43. The zero-order valence-electron chi connectivity index (χ0n) is 13.1. The van der Waals surface area contributed by atoms with Gasteiger partial charge in [-0.3, -0.25) is 0 Å². The van der Waals surface area contributed by atoms with Crippen LogP contribution in [-0.4, -0.2) is 29.6 Å². The van der Waals surface area contributed by atoms with Crippen molar-refractivity contribution < 1.29 is 5.11 Å². The molecule has 120 valence electrons. The van der Waals surface area contributed by atoms with Gasteiger partial charge < -0.3 is 10.0 Å². The van der Waals surface area contributed by atoms with E-state index in [4.69, 9.17) is 11.6 Å². The van der Waals surface area contributed by atoms with Crippen molar-refractivity contribution in [2.24, 2.45) is 0 Å². The monoisotopic (exact) mass is 375 g/mol. The maximum atomic E-state index is 10.4. The Balaban J connectivity index is 2.52. The van der Waals surface area contributed by atoms with Gasteiger partial charge in [0.05, 0.1) is 6.10 Å². The molecule has 0 radical (unpaired) electrons. The van der Waals surface area contributed by atoms with Gasteiger partial charge in [0.15, 0.2) is 0 Å². The van der Waals surface area contributed by atoms with Gasteiger partial charge in [0.25, 0.3) is 0 Å². The van der Waals surface area contributed by atoms with Crippen LogP contribution in [0.25, 0.3) is 0 Å². The van der Waals surface area contributed by atoms with Crippen molar-refractivity contribution >= 4 is 27.5 Å². The first-order valence-corrected chi connectivity index (χ1v) is 9.10. The molecule has 0 bridgehead atoms. The molecule has 0 aliphatic carbocycles. The molecule has 0 aliphatic heterocycles. The summed E-state index contributed by atoms with van der Waals surface area (Å²) in [7, 11) is 0. The first-order chi connectivity index (χ1) is 10.1. The van der Waals surface area contributed by atoms with Crippen LogP contribution in [0.15, 0.2) is 22.7 Å². The highest BCUT2D eigenvalue weighted by Gasteiger charge is 2.14. The summed E-state index contributed by atoms with van der Waals surface area (Å²) < 4.78 is 0.941. The summed E-state index contributed by atoms with van der Waals surface area (Å²) in [6, 6.07) is 5.67. The molecule has 0 fully saturated rings. The molecule has 0 amide bonds. The Hall–Kier alpha value is -0.0900. The third-order valence-electron chi connectivity index (χ3n) is 3.70. The average molecular weight is 377 g/mol. The number of rotatable bonds is 10. The van der Waals surface area contributed by atoms with Crippen LogP contribution in [0.2, 0.25) is 5.02 Å². The molecule has 0 saturated heterocycles. The van der Waals surface area contributed by atoms with Crippen molar-refractivity contribution in [3.63, 3.8) is 0 Å². The van der Waals surface area contributed by atoms with Gasteiger partial charge in [-0.15, -0.1) is 0 Å².